The highest BCUT2D eigenvalue weighted by atomic mass is 14.8. The van der Waals surface area contributed by atoms with E-state index < -0.39 is 0 Å². The quantitative estimate of drug-likeness (QED) is 0.602. The Balaban J connectivity index is 2.62. The second-order valence-corrected chi connectivity index (χ2v) is 3.46. The number of hydrogen-bond donors (Lipinski definition) is 0. The van der Waals surface area contributed by atoms with Crippen molar-refractivity contribution >= 4 is 5.52 Å². The fourth-order valence-electron chi connectivity index (χ4n) is 1.39. The largest absolute Gasteiger partial charge is 0.324 e. The molecule has 0 unspecified atom stereocenters. The SMILES string of the molecule is CC(C)c1cc2ccccn2c1. The lowest BCUT2D eigenvalue weighted by molar-refractivity contribution is 0.866. The van der Waals surface area contributed by atoms with Crippen molar-refractivity contribution < 1.29 is 0 Å². The van der Waals surface area contributed by atoms with Crippen LogP contribution in [0, 0.1) is 0 Å². The van der Waals surface area contributed by atoms with Gasteiger partial charge in [0.05, 0.1) is 0 Å². The minimum Gasteiger partial charge on any atom is -0.324 e. The Labute approximate surface area is 72.6 Å². The molecule has 12 heavy (non-hydrogen) atoms. The molecule has 1 nitrogen and oxygen atoms in total. The molecule has 0 aliphatic heterocycles. The van der Waals surface area contributed by atoms with E-state index in [1.54, 1.807) is 0 Å². The maximum absolute atomic E-state index is 2.24. The van der Waals surface area contributed by atoms with Crippen LogP contribution in [0.2, 0.25) is 0 Å². The van der Waals surface area contributed by atoms with Crippen LogP contribution in [0.5, 0.6) is 0 Å². The van der Waals surface area contributed by atoms with Crippen LogP contribution in [-0.2, 0) is 0 Å². The van der Waals surface area contributed by atoms with Crippen molar-refractivity contribution in [3.63, 3.8) is 0 Å². The highest BCUT2D eigenvalue weighted by molar-refractivity contribution is 5.50. The molecule has 0 spiro atoms. The number of nitrogens with zero attached hydrogens (tertiary/aromatic N) is 1. The lowest BCUT2D eigenvalue weighted by Gasteiger charge is -1.96. The number of rotatable bonds is 1. The average Bonchev–Trinajstić information content (AvgIpc) is 2.46. The van der Waals surface area contributed by atoms with Gasteiger partial charge in [-0.2, -0.15) is 0 Å². The molecule has 2 heterocycles. The third-order valence-electron chi connectivity index (χ3n) is 2.19. The van der Waals surface area contributed by atoms with Gasteiger partial charge in [-0.15, -0.1) is 0 Å². The molecule has 0 amide bonds. The lowest BCUT2D eigenvalue weighted by atomic mass is 10.1. The minimum atomic E-state index is 0.616. The van der Waals surface area contributed by atoms with Gasteiger partial charge in [-0.1, -0.05) is 19.9 Å². The molecule has 2 aromatic heterocycles. The van der Waals surface area contributed by atoms with Gasteiger partial charge in [0.1, 0.15) is 0 Å². The first-order chi connectivity index (χ1) is 5.77. The van der Waals surface area contributed by atoms with Crippen LogP contribution in [0.15, 0.2) is 36.7 Å². The monoisotopic (exact) mass is 159 g/mol. The van der Waals surface area contributed by atoms with Crippen molar-refractivity contribution in [1.29, 1.82) is 0 Å². The van der Waals surface area contributed by atoms with Crippen LogP contribution in [0.4, 0.5) is 0 Å². The Kier molecular flexibility index (Phi) is 1.65. The Morgan fingerprint density at radius 1 is 1.25 bits per heavy atom. The number of aromatic nitrogens is 1. The third-order valence-corrected chi connectivity index (χ3v) is 2.19. The molecular formula is C11H13N. The number of hydrogen-bond acceptors (Lipinski definition) is 0. The van der Waals surface area contributed by atoms with Gasteiger partial charge in [-0.3, -0.25) is 0 Å². The Morgan fingerprint density at radius 3 is 2.75 bits per heavy atom. The number of pyridine rings is 1. The first kappa shape index (κ1) is 7.41. The zero-order chi connectivity index (χ0) is 8.55. The molecular weight excluding hydrogens is 146 g/mol. The summed E-state index contributed by atoms with van der Waals surface area (Å²) >= 11 is 0. The molecule has 0 bridgehead atoms. The van der Waals surface area contributed by atoms with Crippen molar-refractivity contribution in [2.24, 2.45) is 0 Å². The molecule has 0 saturated carbocycles. The van der Waals surface area contributed by atoms with Crippen LogP contribution < -0.4 is 0 Å². The van der Waals surface area contributed by atoms with Crippen LogP contribution in [0.3, 0.4) is 0 Å². The Bertz CT molecular complexity index is 352. The third kappa shape index (κ3) is 1.11. The molecule has 0 aliphatic rings. The van der Waals surface area contributed by atoms with Crippen molar-refractivity contribution in [3.05, 3.63) is 42.2 Å². The summed E-state index contributed by atoms with van der Waals surface area (Å²) in [6.07, 6.45) is 4.28. The first-order valence-electron chi connectivity index (χ1n) is 4.34. The van der Waals surface area contributed by atoms with Gasteiger partial charge in [-0.05, 0) is 29.7 Å². The molecule has 0 aliphatic carbocycles. The van der Waals surface area contributed by atoms with Gasteiger partial charge in [0.25, 0.3) is 0 Å². The van der Waals surface area contributed by atoms with Gasteiger partial charge < -0.3 is 4.40 Å². The number of fused-ring (bicyclic) bond motifs is 1. The summed E-state index contributed by atoms with van der Waals surface area (Å²) in [6.45, 7) is 4.43. The second-order valence-electron chi connectivity index (χ2n) is 3.46. The molecule has 0 N–H and O–H groups in total. The minimum absolute atomic E-state index is 0.616. The van der Waals surface area contributed by atoms with Crippen molar-refractivity contribution in [2.45, 2.75) is 19.8 Å². The smallest absolute Gasteiger partial charge is 0.0452 e. The zero-order valence-corrected chi connectivity index (χ0v) is 7.49. The molecule has 0 radical (unpaired) electrons. The molecule has 1 heteroatoms. The predicted octanol–water partition coefficient (Wildman–Crippen LogP) is 3.06. The van der Waals surface area contributed by atoms with Crippen LogP contribution in [0.1, 0.15) is 25.3 Å². The van der Waals surface area contributed by atoms with E-state index in [9.17, 15) is 0 Å². The summed E-state index contributed by atoms with van der Waals surface area (Å²) in [7, 11) is 0. The van der Waals surface area contributed by atoms with E-state index in [0.29, 0.717) is 5.92 Å². The predicted molar refractivity (Wildman–Crippen MR) is 51.5 cm³/mol. The Morgan fingerprint density at radius 2 is 2.08 bits per heavy atom. The topological polar surface area (TPSA) is 4.41 Å². The van der Waals surface area contributed by atoms with E-state index in [1.165, 1.54) is 11.1 Å². The van der Waals surface area contributed by atoms with E-state index in [4.69, 9.17) is 0 Å². The zero-order valence-electron chi connectivity index (χ0n) is 7.49. The van der Waals surface area contributed by atoms with Gasteiger partial charge in [0.2, 0.25) is 0 Å². The fourth-order valence-corrected chi connectivity index (χ4v) is 1.39. The summed E-state index contributed by atoms with van der Waals surface area (Å²) in [5.41, 5.74) is 2.68. The molecule has 0 aromatic carbocycles. The van der Waals surface area contributed by atoms with E-state index in [-0.39, 0.29) is 0 Å². The van der Waals surface area contributed by atoms with Crippen molar-refractivity contribution in [2.75, 3.05) is 0 Å². The summed E-state index contributed by atoms with van der Waals surface area (Å²) in [4.78, 5) is 0. The highest BCUT2D eigenvalue weighted by Crippen LogP contribution is 2.17. The maximum Gasteiger partial charge on any atom is 0.0452 e. The molecule has 2 rings (SSSR count). The summed E-state index contributed by atoms with van der Waals surface area (Å²) in [5, 5.41) is 0. The van der Waals surface area contributed by atoms with E-state index >= 15 is 0 Å². The van der Waals surface area contributed by atoms with Gasteiger partial charge in [0, 0.05) is 17.9 Å². The summed E-state index contributed by atoms with van der Waals surface area (Å²) in [5.74, 6) is 0.616. The second kappa shape index (κ2) is 2.67. The Hall–Kier alpha value is -1.24. The van der Waals surface area contributed by atoms with Crippen molar-refractivity contribution in [3.8, 4) is 0 Å². The van der Waals surface area contributed by atoms with E-state index in [0.717, 1.165) is 0 Å². The van der Waals surface area contributed by atoms with Gasteiger partial charge in [0.15, 0.2) is 0 Å². The molecule has 0 fully saturated rings. The lowest BCUT2D eigenvalue weighted by Crippen LogP contribution is -1.81. The van der Waals surface area contributed by atoms with Gasteiger partial charge >= 0.3 is 0 Å². The van der Waals surface area contributed by atoms with Gasteiger partial charge in [-0.25, -0.2) is 0 Å². The van der Waals surface area contributed by atoms with Crippen LogP contribution in [-0.4, -0.2) is 4.40 Å². The highest BCUT2D eigenvalue weighted by Gasteiger charge is 2.01. The normalized spacial score (nSPS) is 11.2. The molecule has 0 saturated heterocycles. The summed E-state index contributed by atoms with van der Waals surface area (Å²) in [6, 6.07) is 8.49. The fraction of sp³-hybridized carbons (Fsp3) is 0.273. The van der Waals surface area contributed by atoms with Crippen molar-refractivity contribution in [1.82, 2.24) is 4.40 Å². The standard InChI is InChI=1S/C11H13N/c1-9(2)10-7-11-5-3-4-6-12(11)8-10/h3-9H,1-2H3. The summed E-state index contributed by atoms with van der Waals surface area (Å²) < 4.78 is 2.16. The van der Waals surface area contributed by atoms with Crippen LogP contribution >= 0.6 is 0 Å². The molecule has 62 valence electrons. The van der Waals surface area contributed by atoms with Crippen LogP contribution in [0.25, 0.3) is 5.52 Å². The average molecular weight is 159 g/mol. The van der Waals surface area contributed by atoms with E-state index in [2.05, 4.69) is 54.9 Å². The molecule has 2 aromatic rings. The molecule has 0 atom stereocenters. The maximum atomic E-state index is 2.24. The first-order valence-corrected chi connectivity index (χ1v) is 4.34. The van der Waals surface area contributed by atoms with E-state index in [1.807, 2.05) is 0 Å².